The van der Waals surface area contributed by atoms with Crippen molar-refractivity contribution in [2.45, 2.75) is 26.3 Å². The van der Waals surface area contributed by atoms with Crippen LogP contribution in [-0.2, 0) is 6.54 Å². The van der Waals surface area contributed by atoms with Gasteiger partial charge in [-0.05, 0) is 50.4 Å². The largest absolute Gasteiger partial charge is 0.326 e. The van der Waals surface area contributed by atoms with Crippen molar-refractivity contribution in [3.8, 4) is 0 Å². The van der Waals surface area contributed by atoms with Gasteiger partial charge in [0.2, 0.25) is 0 Å². The molecular formula is C14H19N3O. The molecule has 4 nitrogen and oxygen atoms in total. The van der Waals surface area contributed by atoms with Crippen LogP contribution in [0, 0.1) is 12.8 Å². The average molecular weight is 245 g/mol. The van der Waals surface area contributed by atoms with E-state index in [0.29, 0.717) is 5.92 Å². The van der Waals surface area contributed by atoms with Gasteiger partial charge in [0.15, 0.2) is 0 Å². The normalized spacial score (nSPS) is 20.4. The van der Waals surface area contributed by atoms with E-state index < -0.39 is 0 Å². The third-order valence-corrected chi connectivity index (χ3v) is 3.83. The van der Waals surface area contributed by atoms with Crippen molar-refractivity contribution >= 4 is 11.0 Å². The SMILES string of the molecule is Cc1cccc2[nH]c(=O)n(CC3CCCNC3)c12. The van der Waals surface area contributed by atoms with Gasteiger partial charge in [-0.15, -0.1) is 0 Å². The highest BCUT2D eigenvalue weighted by molar-refractivity contribution is 5.78. The van der Waals surface area contributed by atoms with Gasteiger partial charge in [-0.3, -0.25) is 4.57 Å². The number of imidazole rings is 1. The number of aryl methyl sites for hydroxylation is 1. The second-order valence-corrected chi connectivity index (χ2v) is 5.22. The van der Waals surface area contributed by atoms with Gasteiger partial charge < -0.3 is 10.3 Å². The molecule has 2 heterocycles. The molecule has 1 aliphatic heterocycles. The Bertz CT molecular complexity index is 605. The fraction of sp³-hybridized carbons (Fsp3) is 0.500. The van der Waals surface area contributed by atoms with Gasteiger partial charge in [0.05, 0.1) is 11.0 Å². The Morgan fingerprint density at radius 3 is 3.11 bits per heavy atom. The number of H-pyrrole nitrogens is 1. The fourth-order valence-electron chi connectivity index (χ4n) is 2.91. The topological polar surface area (TPSA) is 49.8 Å². The number of hydrogen-bond donors (Lipinski definition) is 2. The highest BCUT2D eigenvalue weighted by Gasteiger charge is 2.17. The number of nitrogens with zero attached hydrogens (tertiary/aromatic N) is 1. The molecule has 1 atom stereocenters. The van der Waals surface area contributed by atoms with Crippen LogP contribution in [0.15, 0.2) is 23.0 Å². The number of piperidine rings is 1. The lowest BCUT2D eigenvalue weighted by Crippen LogP contribution is -2.34. The van der Waals surface area contributed by atoms with E-state index in [0.717, 1.165) is 36.2 Å². The smallest absolute Gasteiger partial charge is 0.316 e. The number of rotatable bonds is 2. The predicted octanol–water partition coefficient (Wildman–Crippen LogP) is 1.64. The second-order valence-electron chi connectivity index (χ2n) is 5.22. The zero-order valence-corrected chi connectivity index (χ0v) is 10.7. The molecule has 1 saturated heterocycles. The first-order valence-electron chi connectivity index (χ1n) is 6.64. The van der Waals surface area contributed by atoms with E-state index in [2.05, 4.69) is 23.3 Å². The van der Waals surface area contributed by atoms with Gasteiger partial charge in [-0.25, -0.2) is 4.79 Å². The van der Waals surface area contributed by atoms with Crippen LogP contribution < -0.4 is 11.0 Å². The van der Waals surface area contributed by atoms with E-state index in [4.69, 9.17) is 0 Å². The fourth-order valence-corrected chi connectivity index (χ4v) is 2.91. The van der Waals surface area contributed by atoms with Crippen molar-refractivity contribution in [2.24, 2.45) is 5.92 Å². The second kappa shape index (κ2) is 4.61. The molecule has 2 aromatic rings. The third kappa shape index (κ3) is 1.97. The molecule has 0 saturated carbocycles. The van der Waals surface area contributed by atoms with Crippen LogP contribution in [0.5, 0.6) is 0 Å². The summed E-state index contributed by atoms with van der Waals surface area (Å²) < 4.78 is 1.91. The molecular weight excluding hydrogens is 226 g/mol. The van der Waals surface area contributed by atoms with Crippen LogP contribution in [0.4, 0.5) is 0 Å². The van der Waals surface area contributed by atoms with Crippen LogP contribution in [-0.4, -0.2) is 22.6 Å². The monoisotopic (exact) mass is 245 g/mol. The van der Waals surface area contributed by atoms with E-state index in [9.17, 15) is 4.79 Å². The molecule has 18 heavy (non-hydrogen) atoms. The molecule has 3 rings (SSSR count). The Morgan fingerprint density at radius 1 is 1.44 bits per heavy atom. The number of aromatic amines is 1. The Hall–Kier alpha value is -1.55. The maximum absolute atomic E-state index is 12.1. The third-order valence-electron chi connectivity index (χ3n) is 3.83. The molecule has 4 heteroatoms. The summed E-state index contributed by atoms with van der Waals surface area (Å²) in [5, 5.41) is 3.40. The molecule has 2 N–H and O–H groups in total. The van der Waals surface area contributed by atoms with E-state index in [1.807, 2.05) is 16.7 Å². The molecule has 0 aliphatic carbocycles. The van der Waals surface area contributed by atoms with Gasteiger partial charge in [0, 0.05) is 6.54 Å². The molecule has 1 fully saturated rings. The summed E-state index contributed by atoms with van der Waals surface area (Å²) in [6, 6.07) is 6.02. The van der Waals surface area contributed by atoms with Gasteiger partial charge in [-0.2, -0.15) is 0 Å². The first-order chi connectivity index (χ1) is 8.75. The van der Waals surface area contributed by atoms with E-state index in [-0.39, 0.29) is 5.69 Å². The van der Waals surface area contributed by atoms with Crippen molar-refractivity contribution in [1.82, 2.24) is 14.9 Å². The molecule has 0 amide bonds. The molecule has 0 bridgehead atoms. The quantitative estimate of drug-likeness (QED) is 0.845. The minimum atomic E-state index is 0.0184. The van der Waals surface area contributed by atoms with Gasteiger partial charge in [0.25, 0.3) is 0 Å². The van der Waals surface area contributed by atoms with Crippen LogP contribution in [0.1, 0.15) is 18.4 Å². The van der Waals surface area contributed by atoms with Crippen molar-refractivity contribution in [3.63, 3.8) is 0 Å². The molecule has 96 valence electrons. The lowest BCUT2D eigenvalue weighted by molar-refractivity contribution is 0.337. The van der Waals surface area contributed by atoms with Crippen molar-refractivity contribution in [3.05, 3.63) is 34.2 Å². The maximum Gasteiger partial charge on any atom is 0.326 e. The number of nitrogens with one attached hydrogen (secondary N) is 2. The van der Waals surface area contributed by atoms with Crippen LogP contribution in [0.2, 0.25) is 0 Å². The Balaban J connectivity index is 2.00. The van der Waals surface area contributed by atoms with Gasteiger partial charge in [0.1, 0.15) is 0 Å². The predicted molar refractivity (Wildman–Crippen MR) is 72.9 cm³/mol. The molecule has 1 aromatic carbocycles. The summed E-state index contributed by atoms with van der Waals surface area (Å²) in [7, 11) is 0. The van der Waals surface area contributed by atoms with Crippen LogP contribution in [0.3, 0.4) is 0 Å². The zero-order chi connectivity index (χ0) is 12.5. The summed E-state index contributed by atoms with van der Waals surface area (Å²) in [4.78, 5) is 15.0. The first kappa shape index (κ1) is 11.5. The lowest BCUT2D eigenvalue weighted by atomic mass is 9.99. The molecule has 1 aromatic heterocycles. The summed E-state index contributed by atoms with van der Waals surface area (Å²) in [5.41, 5.74) is 3.19. The molecule has 1 aliphatic rings. The maximum atomic E-state index is 12.1. The lowest BCUT2D eigenvalue weighted by Gasteiger charge is -2.23. The highest BCUT2D eigenvalue weighted by atomic mass is 16.1. The van der Waals surface area contributed by atoms with Gasteiger partial charge in [-0.1, -0.05) is 12.1 Å². The Morgan fingerprint density at radius 2 is 2.33 bits per heavy atom. The summed E-state index contributed by atoms with van der Waals surface area (Å²) in [6.45, 7) is 5.01. The van der Waals surface area contributed by atoms with Gasteiger partial charge >= 0.3 is 5.69 Å². The molecule has 0 spiro atoms. The number of para-hydroxylation sites is 1. The number of hydrogen-bond acceptors (Lipinski definition) is 2. The van der Waals surface area contributed by atoms with Crippen LogP contribution in [0.25, 0.3) is 11.0 Å². The first-order valence-corrected chi connectivity index (χ1v) is 6.64. The van der Waals surface area contributed by atoms with Crippen LogP contribution >= 0.6 is 0 Å². The highest BCUT2D eigenvalue weighted by Crippen LogP contribution is 2.18. The van der Waals surface area contributed by atoms with Crippen molar-refractivity contribution < 1.29 is 0 Å². The van der Waals surface area contributed by atoms with E-state index >= 15 is 0 Å². The average Bonchev–Trinajstić information content (AvgIpc) is 2.69. The van der Waals surface area contributed by atoms with E-state index in [1.54, 1.807) is 0 Å². The summed E-state index contributed by atoms with van der Waals surface area (Å²) >= 11 is 0. The standard InChI is InChI=1S/C14H19N3O/c1-10-4-2-6-12-13(10)17(14(18)16-12)9-11-5-3-7-15-8-11/h2,4,6,11,15H,3,5,7-9H2,1H3,(H,16,18). The Kier molecular flexibility index (Phi) is 2.96. The minimum Gasteiger partial charge on any atom is -0.316 e. The summed E-state index contributed by atoms with van der Waals surface area (Å²) in [6.07, 6.45) is 2.42. The zero-order valence-electron chi connectivity index (χ0n) is 10.7. The number of aromatic nitrogens is 2. The molecule has 1 unspecified atom stereocenters. The summed E-state index contributed by atoms with van der Waals surface area (Å²) in [5.74, 6) is 0.565. The van der Waals surface area contributed by atoms with Crippen molar-refractivity contribution in [1.29, 1.82) is 0 Å². The number of benzene rings is 1. The van der Waals surface area contributed by atoms with Crippen molar-refractivity contribution in [2.75, 3.05) is 13.1 Å². The Labute approximate surface area is 106 Å². The molecule has 0 radical (unpaired) electrons. The van der Waals surface area contributed by atoms with E-state index in [1.165, 1.54) is 12.8 Å². The number of fused-ring (bicyclic) bond motifs is 1. The minimum absolute atomic E-state index is 0.0184.